The van der Waals surface area contributed by atoms with Crippen LogP contribution in [-0.4, -0.2) is 28.6 Å². The topological polar surface area (TPSA) is 76.5 Å². The number of carbonyl (C=O) groups excluding carboxylic acids is 1. The summed E-state index contributed by atoms with van der Waals surface area (Å²) in [6.45, 7) is 0.179. The molecule has 0 unspecified atom stereocenters. The first-order valence-electron chi connectivity index (χ1n) is 6.08. The summed E-state index contributed by atoms with van der Waals surface area (Å²) < 4.78 is 5.06. The van der Waals surface area contributed by atoms with Gasteiger partial charge in [0.15, 0.2) is 5.69 Å². The fraction of sp³-hybridized carbons (Fsp3) is 0.133. The van der Waals surface area contributed by atoms with E-state index in [0.29, 0.717) is 6.42 Å². The summed E-state index contributed by atoms with van der Waals surface area (Å²) in [7, 11) is 0. The van der Waals surface area contributed by atoms with Crippen LogP contribution >= 0.6 is 0 Å². The fourth-order valence-corrected chi connectivity index (χ4v) is 1.72. The SMILES string of the molecule is O=C(O)c1cccnc1C(=O)OCCc1ccccc1. The highest BCUT2D eigenvalue weighted by Gasteiger charge is 2.18. The van der Waals surface area contributed by atoms with E-state index in [1.807, 2.05) is 30.3 Å². The van der Waals surface area contributed by atoms with Crippen LogP contribution in [-0.2, 0) is 11.2 Å². The Hall–Kier alpha value is -2.69. The van der Waals surface area contributed by atoms with Gasteiger partial charge in [-0.3, -0.25) is 0 Å². The number of rotatable bonds is 5. The van der Waals surface area contributed by atoms with E-state index in [2.05, 4.69) is 4.98 Å². The van der Waals surface area contributed by atoms with Gasteiger partial charge in [-0.1, -0.05) is 30.3 Å². The van der Waals surface area contributed by atoms with Gasteiger partial charge in [0.05, 0.1) is 12.2 Å². The second-order valence-corrected chi connectivity index (χ2v) is 4.08. The molecule has 2 rings (SSSR count). The molecule has 1 N–H and O–H groups in total. The third kappa shape index (κ3) is 3.41. The highest BCUT2D eigenvalue weighted by Crippen LogP contribution is 2.08. The molecule has 0 amide bonds. The van der Waals surface area contributed by atoms with Crippen molar-refractivity contribution in [3.05, 3.63) is 65.5 Å². The molecule has 0 atom stereocenters. The molecule has 5 heteroatoms. The van der Waals surface area contributed by atoms with Gasteiger partial charge >= 0.3 is 11.9 Å². The maximum absolute atomic E-state index is 11.8. The van der Waals surface area contributed by atoms with E-state index < -0.39 is 11.9 Å². The number of carbonyl (C=O) groups is 2. The molecule has 0 bridgehead atoms. The van der Waals surface area contributed by atoms with Crippen molar-refractivity contribution in [2.45, 2.75) is 6.42 Å². The average Bonchev–Trinajstić information content (AvgIpc) is 2.48. The first kappa shape index (κ1) is 13.7. The van der Waals surface area contributed by atoms with Crippen LogP contribution in [0.1, 0.15) is 26.4 Å². The van der Waals surface area contributed by atoms with Crippen LogP contribution in [0.15, 0.2) is 48.7 Å². The van der Waals surface area contributed by atoms with Crippen LogP contribution in [0.2, 0.25) is 0 Å². The number of esters is 1. The van der Waals surface area contributed by atoms with E-state index in [9.17, 15) is 9.59 Å². The van der Waals surface area contributed by atoms with E-state index in [0.717, 1.165) is 5.56 Å². The Morgan fingerprint density at radius 3 is 2.55 bits per heavy atom. The third-order valence-electron chi connectivity index (χ3n) is 2.70. The van der Waals surface area contributed by atoms with E-state index >= 15 is 0 Å². The third-order valence-corrected chi connectivity index (χ3v) is 2.70. The first-order chi connectivity index (χ1) is 9.68. The van der Waals surface area contributed by atoms with E-state index in [1.54, 1.807) is 0 Å². The van der Waals surface area contributed by atoms with Crippen molar-refractivity contribution in [1.29, 1.82) is 0 Å². The van der Waals surface area contributed by atoms with Gasteiger partial charge in [-0.15, -0.1) is 0 Å². The highest BCUT2D eigenvalue weighted by atomic mass is 16.5. The molecular weight excluding hydrogens is 258 g/mol. The zero-order valence-electron chi connectivity index (χ0n) is 10.7. The summed E-state index contributed by atoms with van der Waals surface area (Å²) in [6.07, 6.45) is 1.93. The number of carboxylic acids is 1. The lowest BCUT2D eigenvalue weighted by Gasteiger charge is -2.06. The predicted octanol–water partition coefficient (Wildman–Crippen LogP) is 2.18. The Kier molecular flexibility index (Phi) is 4.44. The minimum Gasteiger partial charge on any atom is -0.478 e. The first-order valence-corrected chi connectivity index (χ1v) is 6.08. The van der Waals surface area contributed by atoms with Gasteiger partial charge in [0.25, 0.3) is 0 Å². The molecule has 1 aromatic heterocycles. The van der Waals surface area contributed by atoms with E-state index in [1.165, 1.54) is 18.3 Å². The molecular formula is C15H13NO4. The van der Waals surface area contributed by atoms with Crippen LogP contribution in [0.5, 0.6) is 0 Å². The largest absolute Gasteiger partial charge is 0.478 e. The van der Waals surface area contributed by atoms with Gasteiger partial charge in [0, 0.05) is 12.6 Å². The molecule has 0 saturated carbocycles. The quantitative estimate of drug-likeness (QED) is 0.843. The number of benzene rings is 1. The van der Waals surface area contributed by atoms with Gasteiger partial charge in [-0.2, -0.15) is 0 Å². The summed E-state index contributed by atoms with van der Waals surface area (Å²) in [5, 5.41) is 8.97. The molecule has 0 aliphatic heterocycles. The summed E-state index contributed by atoms with van der Waals surface area (Å²) in [6, 6.07) is 12.3. The number of hydrogen-bond donors (Lipinski definition) is 1. The average molecular weight is 271 g/mol. The van der Waals surface area contributed by atoms with Crippen molar-refractivity contribution < 1.29 is 19.4 Å². The number of carboxylic acid groups (broad SMARTS) is 1. The number of nitrogens with zero attached hydrogens (tertiary/aromatic N) is 1. The van der Waals surface area contributed by atoms with Crippen molar-refractivity contribution in [3.63, 3.8) is 0 Å². The van der Waals surface area contributed by atoms with Gasteiger partial charge < -0.3 is 9.84 Å². The number of aromatic nitrogens is 1. The van der Waals surface area contributed by atoms with Crippen LogP contribution in [0.25, 0.3) is 0 Å². The number of ether oxygens (including phenoxy) is 1. The zero-order chi connectivity index (χ0) is 14.4. The monoisotopic (exact) mass is 271 g/mol. The summed E-state index contributed by atoms with van der Waals surface area (Å²) in [4.78, 5) is 26.6. The summed E-state index contributed by atoms with van der Waals surface area (Å²) in [5.41, 5.74) is 0.713. The molecule has 0 saturated heterocycles. The van der Waals surface area contributed by atoms with Crippen molar-refractivity contribution in [1.82, 2.24) is 4.98 Å². The molecule has 0 fully saturated rings. The van der Waals surface area contributed by atoms with Crippen LogP contribution < -0.4 is 0 Å². The van der Waals surface area contributed by atoms with E-state index in [4.69, 9.17) is 9.84 Å². The van der Waals surface area contributed by atoms with Crippen LogP contribution in [0.3, 0.4) is 0 Å². The summed E-state index contributed by atoms with van der Waals surface area (Å²) >= 11 is 0. The lowest BCUT2D eigenvalue weighted by Crippen LogP contribution is -2.15. The lowest BCUT2D eigenvalue weighted by atomic mass is 10.2. The van der Waals surface area contributed by atoms with Crippen molar-refractivity contribution in [2.75, 3.05) is 6.61 Å². The van der Waals surface area contributed by atoms with Crippen molar-refractivity contribution in [3.8, 4) is 0 Å². The highest BCUT2D eigenvalue weighted by molar-refractivity contribution is 6.00. The van der Waals surface area contributed by atoms with Crippen LogP contribution in [0, 0.1) is 0 Å². The van der Waals surface area contributed by atoms with Gasteiger partial charge in [-0.05, 0) is 17.7 Å². The number of aromatic carboxylic acids is 1. The zero-order valence-corrected chi connectivity index (χ0v) is 10.7. The molecule has 1 heterocycles. The number of pyridine rings is 1. The minimum atomic E-state index is -1.20. The smallest absolute Gasteiger partial charge is 0.357 e. The van der Waals surface area contributed by atoms with Crippen LogP contribution in [0.4, 0.5) is 0 Å². The lowest BCUT2D eigenvalue weighted by molar-refractivity contribution is 0.0491. The Labute approximate surface area is 115 Å². The fourth-order valence-electron chi connectivity index (χ4n) is 1.72. The van der Waals surface area contributed by atoms with Crippen molar-refractivity contribution in [2.24, 2.45) is 0 Å². The molecule has 20 heavy (non-hydrogen) atoms. The van der Waals surface area contributed by atoms with Gasteiger partial charge in [0.1, 0.15) is 0 Å². The maximum Gasteiger partial charge on any atom is 0.357 e. The molecule has 0 aliphatic rings. The molecule has 0 spiro atoms. The van der Waals surface area contributed by atoms with Gasteiger partial charge in [0.2, 0.25) is 0 Å². The van der Waals surface area contributed by atoms with Crippen molar-refractivity contribution >= 4 is 11.9 Å². The molecule has 1 aromatic carbocycles. The number of hydrogen-bond acceptors (Lipinski definition) is 4. The normalized spacial score (nSPS) is 10.0. The second kappa shape index (κ2) is 6.47. The second-order valence-electron chi connectivity index (χ2n) is 4.08. The Balaban J connectivity index is 1.97. The van der Waals surface area contributed by atoms with E-state index in [-0.39, 0.29) is 17.9 Å². The molecule has 2 aromatic rings. The standard InChI is InChI=1S/C15H13NO4/c17-14(18)12-7-4-9-16-13(12)15(19)20-10-8-11-5-2-1-3-6-11/h1-7,9H,8,10H2,(H,17,18). The minimum absolute atomic E-state index is 0.155. The maximum atomic E-state index is 11.8. The van der Waals surface area contributed by atoms with Gasteiger partial charge in [-0.25, -0.2) is 14.6 Å². The molecule has 5 nitrogen and oxygen atoms in total. The summed E-state index contributed by atoms with van der Waals surface area (Å²) in [5.74, 6) is -1.92. The Morgan fingerprint density at radius 2 is 1.85 bits per heavy atom. The molecule has 0 aliphatic carbocycles. The molecule has 0 radical (unpaired) electrons. The Morgan fingerprint density at radius 1 is 1.10 bits per heavy atom. The Bertz CT molecular complexity index is 610. The molecule has 102 valence electrons. The predicted molar refractivity (Wildman–Crippen MR) is 71.6 cm³/mol.